The van der Waals surface area contributed by atoms with Crippen LogP contribution in [0.4, 0.5) is 0 Å². The van der Waals surface area contributed by atoms with Crippen molar-refractivity contribution < 1.29 is 5.11 Å². The molecule has 3 aromatic carbocycles. The molecule has 1 aliphatic rings. The molecule has 176 valence electrons. The van der Waals surface area contributed by atoms with Crippen LogP contribution in [0.25, 0.3) is 21.8 Å². The number of aryl methyl sites for hydroxylation is 4. The largest absolute Gasteiger partial charge is 0.508 e. The number of aromatic hydroxyl groups is 1. The van der Waals surface area contributed by atoms with Crippen molar-refractivity contribution in [3.63, 3.8) is 0 Å². The van der Waals surface area contributed by atoms with E-state index in [0.29, 0.717) is 0 Å². The summed E-state index contributed by atoms with van der Waals surface area (Å²) in [5, 5.41) is 11.3. The van der Waals surface area contributed by atoms with Crippen LogP contribution in [0.3, 0.4) is 0 Å². The van der Waals surface area contributed by atoms with Crippen LogP contribution in [-0.2, 0) is 12.8 Å². The molecule has 0 fully saturated rings. The lowest BCUT2D eigenvalue weighted by atomic mass is 9.91. The summed E-state index contributed by atoms with van der Waals surface area (Å²) in [4.78, 5) is 8.33. The number of phenolic OH excluding ortho intramolecular Hbond substituents is 1. The first kappa shape index (κ1) is 26.7. The first-order valence-corrected chi connectivity index (χ1v) is 13.0. The topological polar surface area (TPSA) is 46.0 Å². The number of benzene rings is 3. The van der Waals surface area contributed by atoms with Gasteiger partial charge in [0.1, 0.15) is 5.75 Å². The van der Waals surface area contributed by atoms with Crippen molar-refractivity contribution in [1.29, 1.82) is 0 Å². The number of halogens is 1. The van der Waals surface area contributed by atoms with E-state index in [1.807, 2.05) is 30.5 Å². The van der Waals surface area contributed by atoms with Gasteiger partial charge in [0.2, 0.25) is 0 Å². The number of rotatable bonds is 0. The molecule has 0 saturated carbocycles. The highest BCUT2D eigenvalue weighted by atomic mass is 127. The number of hydrogen-bond acceptors (Lipinski definition) is 3. The highest BCUT2D eigenvalue weighted by molar-refractivity contribution is 14.1. The molecule has 0 bridgehead atoms. The second kappa shape index (κ2) is 13.8. The zero-order valence-electron chi connectivity index (χ0n) is 20.3. The predicted molar refractivity (Wildman–Crippen MR) is 157 cm³/mol. The number of fused-ring (bicyclic) bond motifs is 3. The Morgan fingerprint density at radius 3 is 1.89 bits per heavy atom. The molecule has 6 rings (SSSR count). The second-order valence-electron chi connectivity index (χ2n) is 8.56. The summed E-state index contributed by atoms with van der Waals surface area (Å²) in [6.45, 7) is 4.27. The average molecular weight is 572 g/mol. The fourth-order valence-electron chi connectivity index (χ4n) is 4.12. The molecule has 2 heterocycles. The molecule has 0 saturated heterocycles. The highest BCUT2D eigenvalue weighted by Gasteiger charge is 2.07. The predicted octanol–water partition coefficient (Wildman–Crippen LogP) is 7.86. The van der Waals surface area contributed by atoms with Crippen LogP contribution < -0.4 is 0 Å². The van der Waals surface area contributed by atoms with Crippen LogP contribution in [0.5, 0.6) is 5.75 Å². The molecule has 0 aliphatic heterocycles. The van der Waals surface area contributed by atoms with Gasteiger partial charge in [0.25, 0.3) is 0 Å². The third-order valence-corrected chi connectivity index (χ3v) is 5.85. The van der Waals surface area contributed by atoms with Crippen molar-refractivity contribution in [2.75, 3.05) is 0 Å². The standard InChI is InChI=1S/C11H14.C10H9N.C9H7NO.BI/c1-9-6-7-10-4-2-3-5-11(10)8-9;1-8-4-5-10-9(7-8)3-2-6-11-10;11-8-3-4-9-7(6-8)2-1-5-10-9;1-2/h6-8H,2-5H2,1H3;2-7H,1H3;1-6,11H;. The molecule has 0 amide bonds. The minimum Gasteiger partial charge on any atom is -0.508 e. The van der Waals surface area contributed by atoms with Crippen LogP contribution >= 0.6 is 22.4 Å². The van der Waals surface area contributed by atoms with E-state index in [1.54, 1.807) is 57.9 Å². The molecule has 0 spiro atoms. The maximum absolute atomic E-state index is 9.10. The normalized spacial score (nSPS) is 11.6. The number of hydrogen-bond donors (Lipinski definition) is 1. The average Bonchev–Trinajstić information content (AvgIpc) is 2.90. The van der Waals surface area contributed by atoms with Crippen LogP contribution in [0.2, 0.25) is 0 Å². The molecule has 1 N–H and O–H groups in total. The van der Waals surface area contributed by atoms with E-state index in [1.165, 1.54) is 42.2 Å². The van der Waals surface area contributed by atoms with E-state index < -0.39 is 0 Å². The van der Waals surface area contributed by atoms with Crippen molar-refractivity contribution in [1.82, 2.24) is 9.97 Å². The fourth-order valence-corrected chi connectivity index (χ4v) is 4.12. The van der Waals surface area contributed by atoms with Crippen molar-refractivity contribution in [3.05, 3.63) is 114 Å². The molecule has 0 atom stereocenters. The van der Waals surface area contributed by atoms with Crippen LogP contribution in [0, 0.1) is 13.8 Å². The molecule has 5 aromatic rings. The van der Waals surface area contributed by atoms with Gasteiger partial charge in [-0.1, -0.05) is 47.5 Å². The van der Waals surface area contributed by atoms with Crippen molar-refractivity contribution in [2.45, 2.75) is 39.5 Å². The quantitative estimate of drug-likeness (QED) is 0.152. The number of nitrogens with zero attached hydrogens (tertiary/aromatic N) is 2. The fraction of sp³-hybridized carbons (Fsp3) is 0.200. The van der Waals surface area contributed by atoms with E-state index in [9.17, 15) is 0 Å². The molecule has 2 aromatic heterocycles. The summed E-state index contributed by atoms with van der Waals surface area (Å²) in [7, 11) is 0. The van der Waals surface area contributed by atoms with Crippen molar-refractivity contribution >= 4 is 49.9 Å². The van der Waals surface area contributed by atoms with Gasteiger partial charge in [0.15, 0.2) is 5.70 Å². The summed E-state index contributed by atoms with van der Waals surface area (Å²) in [6, 6.07) is 26.1. The van der Waals surface area contributed by atoms with Crippen LogP contribution in [0.15, 0.2) is 91.3 Å². The molecule has 1 aliphatic carbocycles. The molecular formula is C30H30BIN2O. The highest BCUT2D eigenvalue weighted by Crippen LogP contribution is 2.21. The van der Waals surface area contributed by atoms with Crippen molar-refractivity contribution in [2.24, 2.45) is 0 Å². The maximum Gasteiger partial charge on any atom is 0.169 e. The van der Waals surface area contributed by atoms with Gasteiger partial charge in [0, 0.05) is 23.2 Å². The number of aromatic nitrogens is 2. The first-order chi connectivity index (χ1) is 17.1. The van der Waals surface area contributed by atoms with Gasteiger partial charge >= 0.3 is 0 Å². The minimum absolute atomic E-state index is 0.283. The van der Waals surface area contributed by atoms with Gasteiger partial charge in [-0.25, -0.2) is 0 Å². The molecule has 2 radical (unpaired) electrons. The lowest BCUT2D eigenvalue weighted by Gasteiger charge is -2.15. The zero-order chi connectivity index (χ0) is 25.0. The summed E-state index contributed by atoms with van der Waals surface area (Å²) < 4.78 is 0. The van der Waals surface area contributed by atoms with Gasteiger partial charge in [-0.2, -0.15) is 22.4 Å². The van der Waals surface area contributed by atoms with Gasteiger partial charge < -0.3 is 5.11 Å². The van der Waals surface area contributed by atoms with Crippen molar-refractivity contribution in [3.8, 4) is 5.75 Å². The van der Waals surface area contributed by atoms with E-state index in [2.05, 4.69) is 65.9 Å². The Hall–Kier alpha value is -2.93. The van der Waals surface area contributed by atoms with Gasteiger partial charge in [-0.05, 0) is 93.1 Å². The number of pyridine rings is 2. The Morgan fingerprint density at radius 1 is 0.657 bits per heavy atom. The molecule has 35 heavy (non-hydrogen) atoms. The number of phenols is 1. The van der Waals surface area contributed by atoms with E-state index in [4.69, 9.17) is 5.11 Å². The van der Waals surface area contributed by atoms with Gasteiger partial charge in [0.05, 0.1) is 11.0 Å². The van der Waals surface area contributed by atoms with Gasteiger partial charge in [-0.3, -0.25) is 9.97 Å². The lowest BCUT2D eigenvalue weighted by Crippen LogP contribution is -2.01. The summed E-state index contributed by atoms with van der Waals surface area (Å²) in [5.41, 5.74) is 12.3. The Bertz CT molecular complexity index is 1300. The monoisotopic (exact) mass is 572 g/mol. The second-order valence-corrected chi connectivity index (χ2v) is 8.56. The summed E-state index contributed by atoms with van der Waals surface area (Å²) >= 11 is 1.65. The summed E-state index contributed by atoms with van der Waals surface area (Å²) in [6.07, 6.45) is 8.93. The molecular weight excluding hydrogens is 542 g/mol. The third-order valence-electron chi connectivity index (χ3n) is 5.85. The van der Waals surface area contributed by atoms with Crippen LogP contribution in [0.1, 0.15) is 35.1 Å². The lowest BCUT2D eigenvalue weighted by molar-refractivity contribution is 0.476. The first-order valence-electron chi connectivity index (χ1n) is 11.7. The van der Waals surface area contributed by atoms with Gasteiger partial charge in [-0.15, -0.1) is 0 Å². The third kappa shape index (κ3) is 8.06. The smallest absolute Gasteiger partial charge is 0.169 e. The molecule has 5 heteroatoms. The SMILES string of the molecule is Cc1ccc2c(c1)CCCC2.Cc1ccc2ncccc2c1.Oc1ccc2ncccc2c1.[B]I. The molecule has 0 unspecified atom stereocenters. The maximum atomic E-state index is 9.10. The Labute approximate surface area is 222 Å². The Kier molecular flexibility index (Phi) is 10.5. The molecule has 3 nitrogen and oxygen atoms in total. The Balaban J connectivity index is 0.000000142. The van der Waals surface area contributed by atoms with E-state index in [-0.39, 0.29) is 5.75 Å². The minimum atomic E-state index is 0.283. The van der Waals surface area contributed by atoms with Crippen LogP contribution in [-0.4, -0.2) is 20.8 Å². The Morgan fingerprint density at radius 2 is 1.20 bits per heavy atom. The summed E-state index contributed by atoms with van der Waals surface area (Å²) in [5.74, 6) is 0.283. The zero-order valence-corrected chi connectivity index (χ0v) is 22.4. The van der Waals surface area contributed by atoms with E-state index in [0.717, 1.165) is 16.4 Å². The van der Waals surface area contributed by atoms with E-state index >= 15 is 0 Å².